The minimum absolute atomic E-state index is 0.0388. The van der Waals surface area contributed by atoms with Crippen LogP contribution in [0.5, 0.6) is 0 Å². The molecule has 0 aliphatic carbocycles. The molecule has 0 radical (unpaired) electrons. The van der Waals surface area contributed by atoms with E-state index >= 15 is 0 Å². The van der Waals surface area contributed by atoms with Crippen LogP contribution in [0.3, 0.4) is 0 Å². The maximum atomic E-state index is 11.6. The van der Waals surface area contributed by atoms with Gasteiger partial charge in [0.2, 0.25) is 0 Å². The summed E-state index contributed by atoms with van der Waals surface area (Å²) < 4.78 is 0. The van der Waals surface area contributed by atoms with Gasteiger partial charge in [-0.15, -0.1) is 0 Å². The molecular formula is C13H11NO. The molecule has 1 heterocycles. The number of nitrogens with one attached hydrogen (secondary N) is 1. The van der Waals surface area contributed by atoms with Gasteiger partial charge < -0.3 is 5.32 Å². The van der Waals surface area contributed by atoms with Crippen LogP contribution < -0.4 is 5.32 Å². The summed E-state index contributed by atoms with van der Waals surface area (Å²) in [6.45, 7) is 2.73. The molecule has 2 aromatic carbocycles. The number of amides is 1. The topological polar surface area (TPSA) is 29.1 Å². The molecule has 0 atom stereocenters. The number of carbonyl (C=O) groups is 1. The van der Waals surface area contributed by atoms with E-state index in [9.17, 15) is 4.79 Å². The molecule has 0 saturated carbocycles. The maximum absolute atomic E-state index is 11.6. The lowest BCUT2D eigenvalue weighted by molar-refractivity contribution is 0.0949. The van der Waals surface area contributed by atoms with Crippen LogP contribution in [0.4, 0.5) is 0 Å². The number of hydrogen-bond donors (Lipinski definition) is 1. The highest BCUT2D eigenvalue weighted by molar-refractivity contribution is 6.10. The Balaban J connectivity index is 2.50. The predicted octanol–water partition coefficient (Wildman–Crippen LogP) is 2.39. The molecule has 2 heteroatoms. The molecule has 0 unspecified atom stereocenters. The zero-order chi connectivity index (χ0) is 10.4. The lowest BCUT2D eigenvalue weighted by atomic mass is 9.94. The molecule has 15 heavy (non-hydrogen) atoms. The Morgan fingerprint density at radius 2 is 2.13 bits per heavy atom. The number of aryl methyl sites for hydroxylation is 1. The van der Waals surface area contributed by atoms with E-state index < -0.39 is 0 Å². The fraction of sp³-hybridized carbons (Fsp3) is 0.154. The SMILES string of the molecule is Cc1cc2c3c(cccc3c1)C(=O)NC2. The van der Waals surface area contributed by atoms with Gasteiger partial charge >= 0.3 is 0 Å². The maximum Gasteiger partial charge on any atom is 0.252 e. The van der Waals surface area contributed by atoms with Crippen molar-refractivity contribution in [1.82, 2.24) is 5.32 Å². The quantitative estimate of drug-likeness (QED) is 0.690. The van der Waals surface area contributed by atoms with Crippen molar-refractivity contribution in [3.05, 3.63) is 47.0 Å². The summed E-state index contributed by atoms with van der Waals surface area (Å²) in [4.78, 5) is 11.6. The molecule has 3 rings (SSSR count). The second kappa shape index (κ2) is 2.83. The molecule has 1 N–H and O–H groups in total. The Labute approximate surface area is 87.9 Å². The lowest BCUT2D eigenvalue weighted by Crippen LogP contribution is -2.27. The van der Waals surface area contributed by atoms with Gasteiger partial charge in [-0.1, -0.05) is 29.8 Å². The number of benzene rings is 2. The van der Waals surface area contributed by atoms with Crippen LogP contribution in [0.1, 0.15) is 21.5 Å². The average molecular weight is 197 g/mol. The molecule has 1 aliphatic rings. The molecule has 0 bridgehead atoms. The zero-order valence-corrected chi connectivity index (χ0v) is 8.50. The first-order valence-corrected chi connectivity index (χ1v) is 5.06. The van der Waals surface area contributed by atoms with Gasteiger partial charge in [0.1, 0.15) is 0 Å². The van der Waals surface area contributed by atoms with E-state index in [-0.39, 0.29) is 5.91 Å². The summed E-state index contributed by atoms with van der Waals surface area (Å²) in [5.74, 6) is 0.0388. The first kappa shape index (κ1) is 8.48. The standard InChI is InChI=1S/C13H11NO/c1-8-5-9-3-2-4-11-12(9)10(6-8)7-14-13(11)15/h2-6H,7H2,1H3,(H,14,15). The molecule has 2 aromatic rings. The minimum Gasteiger partial charge on any atom is -0.348 e. The van der Waals surface area contributed by atoms with Gasteiger partial charge in [0.15, 0.2) is 0 Å². The predicted molar refractivity (Wildman–Crippen MR) is 59.9 cm³/mol. The van der Waals surface area contributed by atoms with Crippen molar-refractivity contribution in [2.75, 3.05) is 0 Å². The van der Waals surface area contributed by atoms with Gasteiger partial charge in [0, 0.05) is 12.1 Å². The van der Waals surface area contributed by atoms with Gasteiger partial charge in [-0.25, -0.2) is 0 Å². The normalized spacial score (nSPS) is 14.1. The lowest BCUT2D eigenvalue weighted by Gasteiger charge is -2.18. The van der Waals surface area contributed by atoms with Crippen LogP contribution >= 0.6 is 0 Å². The summed E-state index contributed by atoms with van der Waals surface area (Å²) in [5, 5.41) is 5.17. The first-order chi connectivity index (χ1) is 7.25. The third kappa shape index (κ3) is 1.14. The van der Waals surface area contributed by atoms with Crippen LogP contribution in [0.15, 0.2) is 30.3 Å². The van der Waals surface area contributed by atoms with Gasteiger partial charge in [-0.2, -0.15) is 0 Å². The van der Waals surface area contributed by atoms with Gasteiger partial charge in [-0.3, -0.25) is 4.79 Å². The largest absolute Gasteiger partial charge is 0.348 e. The van der Waals surface area contributed by atoms with E-state index in [1.54, 1.807) is 0 Å². The van der Waals surface area contributed by atoms with Crippen molar-refractivity contribution in [1.29, 1.82) is 0 Å². The zero-order valence-electron chi connectivity index (χ0n) is 8.50. The highest BCUT2D eigenvalue weighted by Gasteiger charge is 2.17. The van der Waals surface area contributed by atoms with Crippen molar-refractivity contribution in [3.8, 4) is 0 Å². The Morgan fingerprint density at radius 1 is 1.27 bits per heavy atom. The Bertz CT molecular complexity index is 572. The molecule has 74 valence electrons. The molecule has 2 nitrogen and oxygen atoms in total. The van der Waals surface area contributed by atoms with Crippen LogP contribution in [-0.2, 0) is 6.54 Å². The summed E-state index contributed by atoms with van der Waals surface area (Å²) in [6.07, 6.45) is 0. The van der Waals surface area contributed by atoms with E-state index in [2.05, 4.69) is 30.4 Å². The molecule has 0 fully saturated rings. The molecule has 0 aromatic heterocycles. The first-order valence-electron chi connectivity index (χ1n) is 5.06. The Hall–Kier alpha value is -1.83. The van der Waals surface area contributed by atoms with Crippen LogP contribution in [0.2, 0.25) is 0 Å². The van der Waals surface area contributed by atoms with Gasteiger partial charge in [0.25, 0.3) is 5.91 Å². The van der Waals surface area contributed by atoms with Crippen molar-refractivity contribution >= 4 is 16.7 Å². The fourth-order valence-corrected chi connectivity index (χ4v) is 2.28. The summed E-state index contributed by atoms with van der Waals surface area (Å²) in [6, 6.07) is 10.2. The molecule has 1 aliphatic heterocycles. The smallest absolute Gasteiger partial charge is 0.252 e. The molecule has 0 saturated heterocycles. The average Bonchev–Trinajstić information content (AvgIpc) is 2.23. The van der Waals surface area contributed by atoms with Crippen molar-refractivity contribution in [3.63, 3.8) is 0 Å². The third-order valence-electron chi connectivity index (χ3n) is 2.89. The highest BCUT2D eigenvalue weighted by atomic mass is 16.1. The monoisotopic (exact) mass is 197 g/mol. The summed E-state index contributed by atoms with van der Waals surface area (Å²) >= 11 is 0. The van der Waals surface area contributed by atoms with E-state index in [0.29, 0.717) is 6.54 Å². The number of carbonyl (C=O) groups excluding carboxylic acids is 1. The minimum atomic E-state index is 0.0388. The van der Waals surface area contributed by atoms with E-state index in [1.807, 2.05) is 12.1 Å². The number of hydrogen-bond acceptors (Lipinski definition) is 1. The van der Waals surface area contributed by atoms with Gasteiger partial charge in [-0.05, 0) is 29.3 Å². The molecular weight excluding hydrogens is 186 g/mol. The molecule has 1 amide bonds. The highest BCUT2D eigenvalue weighted by Crippen LogP contribution is 2.27. The van der Waals surface area contributed by atoms with E-state index in [1.165, 1.54) is 11.1 Å². The van der Waals surface area contributed by atoms with Crippen molar-refractivity contribution in [2.45, 2.75) is 13.5 Å². The van der Waals surface area contributed by atoms with Crippen LogP contribution in [0.25, 0.3) is 10.8 Å². The van der Waals surface area contributed by atoms with Gasteiger partial charge in [0.05, 0.1) is 0 Å². The Kier molecular flexibility index (Phi) is 1.60. The summed E-state index contributed by atoms with van der Waals surface area (Å²) in [5.41, 5.74) is 3.26. The van der Waals surface area contributed by atoms with Crippen LogP contribution in [0, 0.1) is 6.92 Å². The summed E-state index contributed by atoms with van der Waals surface area (Å²) in [7, 11) is 0. The van der Waals surface area contributed by atoms with Crippen molar-refractivity contribution in [2.24, 2.45) is 0 Å². The third-order valence-corrected chi connectivity index (χ3v) is 2.89. The fourth-order valence-electron chi connectivity index (χ4n) is 2.28. The van der Waals surface area contributed by atoms with E-state index in [0.717, 1.165) is 16.3 Å². The second-order valence-corrected chi connectivity index (χ2v) is 4.01. The Morgan fingerprint density at radius 3 is 3.00 bits per heavy atom. The number of rotatable bonds is 0. The second-order valence-electron chi connectivity index (χ2n) is 4.01. The van der Waals surface area contributed by atoms with Crippen molar-refractivity contribution < 1.29 is 4.79 Å². The van der Waals surface area contributed by atoms with Crippen LogP contribution in [-0.4, -0.2) is 5.91 Å². The van der Waals surface area contributed by atoms with E-state index in [4.69, 9.17) is 0 Å². The molecule has 0 spiro atoms.